The smallest absolute Gasteiger partial charge is 0.256 e. The fourth-order valence-electron chi connectivity index (χ4n) is 3.72. The highest BCUT2D eigenvalue weighted by Crippen LogP contribution is 2.29. The Hall–Kier alpha value is -4.54. The summed E-state index contributed by atoms with van der Waals surface area (Å²) in [6.45, 7) is 5.79. The number of carbonyl (C=O) groups is 1. The van der Waals surface area contributed by atoms with Crippen LogP contribution in [0.15, 0.2) is 53.3 Å². The summed E-state index contributed by atoms with van der Waals surface area (Å²) in [5.74, 6) is 1.40. The molecule has 11 heteroatoms. The maximum absolute atomic E-state index is 13.5. The van der Waals surface area contributed by atoms with E-state index in [1.807, 2.05) is 13.8 Å². The van der Waals surface area contributed by atoms with E-state index in [0.29, 0.717) is 51.0 Å². The van der Waals surface area contributed by atoms with Crippen LogP contribution in [-0.2, 0) is 0 Å². The number of fused-ring (bicyclic) bond motifs is 1. The number of methoxy groups -OCH3 is 1. The lowest BCUT2D eigenvalue weighted by molar-refractivity contribution is 0.102. The standard InChI is InChI=1S/C23H22N8O3/c1-13(2)30-22-17(12-24-30)16(11-18(26-22)20-6-5-9-34-20)23(32)25-15-7-8-21(33-4)19(10-15)31-14(3)27-28-29-31/h5-13H,1-4H3,(H,25,32). The highest BCUT2D eigenvalue weighted by molar-refractivity contribution is 6.12. The van der Waals surface area contributed by atoms with Crippen molar-refractivity contribution in [3.05, 3.63) is 60.2 Å². The average molecular weight is 458 g/mol. The molecule has 0 radical (unpaired) electrons. The second kappa shape index (κ2) is 8.43. The number of rotatable bonds is 6. The normalized spacial score (nSPS) is 11.3. The quantitative estimate of drug-likeness (QED) is 0.407. The number of nitrogens with one attached hydrogen (secondary N) is 1. The van der Waals surface area contributed by atoms with Gasteiger partial charge in [0.2, 0.25) is 0 Å². The lowest BCUT2D eigenvalue weighted by Gasteiger charge is -2.13. The Kier molecular flexibility index (Phi) is 5.28. The number of furan rings is 1. The van der Waals surface area contributed by atoms with E-state index in [0.717, 1.165) is 0 Å². The van der Waals surface area contributed by atoms with E-state index in [2.05, 4.69) is 25.9 Å². The highest BCUT2D eigenvalue weighted by atomic mass is 16.5. The average Bonchev–Trinajstić information content (AvgIpc) is 3.58. The Morgan fingerprint density at radius 2 is 2.06 bits per heavy atom. The number of ether oxygens (including phenoxy) is 1. The van der Waals surface area contributed by atoms with Crippen LogP contribution in [0.5, 0.6) is 5.75 Å². The molecular formula is C23H22N8O3. The van der Waals surface area contributed by atoms with Gasteiger partial charge in [-0.3, -0.25) is 4.79 Å². The molecule has 0 saturated heterocycles. The molecule has 1 aromatic carbocycles. The number of aryl methyl sites for hydroxylation is 1. The fourth-order valence-corrected chi connectivity index (χ4v) is 3.72. The van der Waals surface area contributed by atoms with Gasteiger partial charge in [0.15, 0.2) is 17.2 Å². The summed E-state index contributed by atoms with van der Waals surface area (Å²) in [5, 5.41) is 19.7. The van der Waals surface area contributed by atoms with Crippen molar-refractivity contribution in [3.63, 3.8) is 0 Å². The van der Waals surface area contributed by atoms with E-state index < -0.39 is 0 Å². The predicted molar refractivity (Wildman–Crippen MR) is 124 cm³/mol. The van der Waals surface area contributed by atoms with Crippen LogP contribution in [0.2, 0.25) is 0 Å². The van der Waals surface area contributed by atoms with Gasteiger partial charge in [0.1, 0.15) is 17.1 Å². The third kappa shape index (κ3) is 3.66. The van der Waals surface area contributed by atoms with E-state index in [-0.39, 0.29) is 11.9 Å². The molecule has 0 spiro atoms. The number of carbonyl (C=O) groups excluding carboxylic acids is 1. The zero-order chi connectivity index (χ0) is 23.8. The van der Waals surface area contributed by atoms with E-state index in [9.17, 15) is 4.79 Å². The minimum atomic E-state index is -0.312. The minimum Gasteiger partial charge on any atom is -0.494 e. The molecule has 0 unspecified atom stereocenters. The van der Waals surface area contributed by atoms with Crippen molar-refractivity contribution in [1.82, 2.24) is 35.0 Å². The number of pyridine rings is 1. The number of amides is 1. The summed E-state index contributed by atoms with van der Waals surface area (Å²) in [5.41, 5.74) is 2.74. The number of benzene rings is 1. The van der Waals surface area contributed by atoms with Gasteiger partial charge in [-0.15, -0.1) is 5.10 Å². The maximum atomic E-state index is 13.5. The molecule has 0 fully saturated rings. The van der Waals surface area contributed by atoms with Crippen molar-refractivity contribution in [2.24, 2.45) is 0 Å². The molecule has 34 heavy (non-hydrogen) atoms. The van der Waals surface area contributed by atoms with Gasteiger partial charge in [0.05, 0.1) is 30.5 Å². The maximum Gasteiger partial charge on any atom is 0.256 e. The third-order valence-electron chi connectivity index (χ3n) is 5.36. The molecule has 1 N–H and O–H groups in total. The Labute approximate surface area is 194 Å². The summed E-state index contributed by atoms with van der Waals surface area (Å²) in [4.78, 5) is 18.2. The van der Waals surface area contributed by atoms with Crippen LogP contribution in [0.25, 0.3) is 28.2 Å². The van der Waals surface area contributed by atoms with Crippen molar-refractivity contribution in [2.75, 3.05) is 12.4 Å². The molecular weight excluding hydrogens is 436 g/mol. The number of hydrogen-bond donors (Lipinski definition) is 1. The van der Waals surface area contributed by atoms with Gasteiger partial charge in [-0.25, -0.2) is 9.67 Å². The Morgan fingerprint density at radius 3 is 2.74 bits per heavy atom. The molecule has 5 rings (SSSR count). The Bertz CT molecular complexity index is 1480. The largest absolute Gasteiger partial charge is 0.494 e. The first-order valence-electron chi connectivity index (χ1n) is 10.6. The van der Waals surface area contributed by atoms with Gasteiger partial charge in [0, 0.05) is 11.7 Å². The van der Waals surface area contributed by atoms with Crippen molar-refractivity contribution >= 4 is 22.6 Å². The summed E-state index contributed by atoms with van der Waals surface area (Å²) >= 11 is 0. The van der Waals surface area contributed by atoms with Crippen LogP contribution in [-0.4, -0.2) is 48.0 Å². The van der Waals surface area contributed by atoms with E-state index in [4.69, 9.17) is 14.1 Å². The summed E-state index contributed by atoms with van der Waals surface area (Å²) in [6.07, 6.45) is 3.23. The van der Waals surface area contributed by atoms with Crippen LogP contribution in [0.1, 0.15) is 36.1 Å². The highest BCUT2D eigenvalue weighted by Gasteiger charge is 2.20. The lowest BCUT2D eigenvalue weighted by atomic mass is 10.1. The van der Waals surface area contributed by atoms with Crippen LogP contribution < -0.4 is 10.1 Å². The summed E-state index contributed by atoms with van der Waals surface area (Å²) < 4.78 is 14.3. The molecule has 0 atom stereocenters. The third-order valence-corrected chi connectivity index (χ3v) is 5.36. The molecule has 1 amide bonds. The summed E-state index contributed by atoms with van der Waals surface area (Å²) in [7, 11) is 1.56. The monoisotopic (exact) mass is 458 g/mol. The number of tetrazole rings is 1. The molecule has 0 aliphatic rings. The van der Waals surface area contributed by atoms with Gasteiger partial charge < -0.3 is 14.5 Å². The van der Waals surface area contributed by atoms with Gasteiger partial charge in [-0.2, -0.15) is 9.78 Å². The molecule has 11 nitrogen and oxygen atoms in total. The lowest BCUT2D eigenvalue weighted by Crippen LogP contribution is -2.14. The van der Waals surface area contributed by atoms with Crippen molar-refractivity contribution < 1.29 is 13.9 Å². The zero-order valence-corrected chi connectivity index (χ0v) is 19.1. The second-order valence-electron chi connectivity index (χ2n) is 7.93. The predicted octanol–water partition coefficient (Wildman–Crippen LogP) is 3.82. The van der Waals surface area contributed by atoms with E-state index in [1.54, 1.807) is 72.3 Å². The van der Waals surface area contributed by atoms with Crippen LogP contribution in [0.3, 0.4) is 0 Å². The molecule has 172 valence electrons. The first kappa shape index (κ1) is 21.3. The fraction of sp³-hybridized carbons (Fsp3) is 0.217. The zero-order valence-electron chi connectivity index (χ0n) is 19.1. The first-order valence-corrected chi connectivity index (χ1v) is 10.6. The second-order valence-corrected chi connectivity index (χ2v) is 7.93. The Balaban J connectivity index is 1.57. The number of nitrogens with zero attached hydrogens (tertiary/aromatic N) is 7. The number of aromatic nitrogens is 7. The van der Waals surface area contributed by atoms with Crippen LogP contribution in [0.4, 0.5) is 5.69 Å². The van der Waals surface area contributed by atoms with Crippen molar-refractivity contribution in [1.29, 1.82) is 0 Å². The van der Waals surface area contributed by atoms with Crippen molar-refractivity contribution in [2.45, 2.75) is 26.8 Å². The topological polar surface area (TPSA) is 126 Å². The van der Waals surface area contributed by atoms with Crippen molar-refractivity contribution in [3.8, 4) is 22.9 Å². The minimum absolute atomic E-state index is 0.0661. The number of anilines is 1. The molecule has 0 bridgehead atoms. The SMILES string of the molecule is COc1ccc(NC(=O)c2cc(-c3ccco3)nc3c2cnn3C(C)C)cc1-n1nnnc1C. The van der Waals surface area contributed by atoms with Crippen LogP contribution >= 0.6 is 0 Å². The van der Waals surface area contributed by atoms with Crippen LogP contribution in [0, 0.1) is 6.92 Å². The van der Waals surface area contributed by atoms with E-state index >= 15 is 0 Å². The van der Waals surface area contributed by atoms with Gasteiger partial charge in [-0.1, -0.05) is 0 Å². The Morgan fingerprint density at radius 1 is 1.21 bits per heavy atom. The molecule has 0 aliphatic heterocycles. The molecule has 0 saturated carbocycles. The van der Waals surface area contributed by atoms with Gasteiger partial charge in [-0.05, 0) is 67.6 Å². The van der Waals surface area contributed by atoms with E-state index in [1.165, 1.54) is 0 Å². The first-order chi connectivity index (χ1) is 16.5. The number of hydrogen-bond acceptors (Lipinski definition) is 8. The van der Waals surface area contributed by atoms with Gasteiger partial charge >= 0.3 is 0 Å². The molecule has 4 heterocycles. The molecule has 4 aromatic heterocycles. The molecule has 5 aromatic rings. The summed E-state index contributed by atoms with van der Waals surface area (Å²) in [6, 6.07) is 10.6. The molecule has 0 aliphatic carbocycles. The van der Waals surface area contributed by atoms with Gasteiger partial charge in [0.25, 0.3) is 5.91 Å².